The van der Waals surface area contributed by atoms with Gasteiger partial charge in [0.2, 0.25) is 0 Å². The number of carbonyl (C=O) groups excluding carboxylic acids is 1. The van der Waals surface area contributed by atoms with Gasteiger partial charge in [0.25, 0.3) is 0 Å². The number of halogens is 2. The van der Waals surface area contributed by atoms with Crippen molar-refractivity contribution in [2.45, 2.75) is 13.0 Å². The highest BCUT2D eigenvalue weighted by atomic mass is 19.3. The van der Waals surface area contributed by atoms with Crippen LogP contribution in [0.15, 0.2) is 35.9 Å². The van der Waals surface area contributed by atoms with Crippen molar-refractivity contribution >= 4 is 11.9 Å². The van der Waals surface area contributed by atoms with Gasteiger partial charge in [-0.3, -0.25) is 4.79 Å². The molecule has 5 nitrogen and oxygen atoms in total. The topological polar surface area (TPSA) is 54.0 Å². The highest BCUT2D eigenvalue weighted by Gasteiger charge is 2.27. The third kappa shape index (κ3) is 3.72. The molecule has 0 fully saturated rings. The van der Waals surface area contributed by atoms with Gasteiger partial charge in [-0.1, -0.05) is 6.07 Å². The van der Waals surface area contributed by atoms with Crippen LogP contribution in [-0.2, 0) is 6.42 Å². The molecule has 2 aromatic carbocycles. The smallest absolute Gasteiger partial charge is 0.387 e. The van der Waals surface area contributed by atoms with Crippen LogP contribution in [0.1, 0.15) is 21.5 Å². The van der Waals surface area contributed by atoms with Gasteiger partial charge in [-0.25, -0.2) is 0 Å². The monoisotopic (exact) mass is 376 g/mol. The maximum Gasteiger partial charge on any atom is 0.387 e. The van der Waals surface area contributed by atoms with Crippen molar-refractivity contribution in [1.29, 1.82) is 0 Å². The van der Waals surface area contributed by atoms with Gasteiger partial charge in [-0.05, 0) is 41.5 Å². The van der Waals surface area contributed by atoms with E-state index in [1.807, 2.05) is 0 Å². The molecule has 7 heteroatoms. The van der Waals surface area contributed by atoms with E-state index >= 15 is 0 Å². The number of carbonyl (C=O) groups is 1. The van der Waals surface area contributed by atoms with Gasteiger partial charge in [0.1, 0.15) is 0 Å². The van der Waals surface area contributed by atoms with Gasteiger partial charge in [0, 0.05) is 17.6 Å². The molecule has 2 aromatic rings. The van der Waals surface area contributed by atoms with Crippen LogP contribution in [0.4, 0.5) is 8.78 Å². The van der Waals surface area contributed by atoms with E-state index < -0.39 is 6.61 Å². The summed E-state index contributed by atoms with van der Waals surface area (Å²) < 4.78 is 44.9. The molecule has 0 bridgehead atoms. The predicted octanol–water partition coefficient (Wildman–Crippen LogP) is 4.14. The SMILES string of the molecule is COc1cc2c(cc1OC)C(=O)/C(=C\c1ccc(OC(F)F)c(OC)c1)C2. The molecule has 0 amide bonds. The van der Waals surface area contributed by atoms with E-state index in [-0.39, 0.29) is 17.3 Å². The van der Waals surface area contributed by atoms with Crippen LogP contribution in [0.3, 0.4) is 0 Å². The van der Waals surface area contributed by atoms with E-state index in [0.717, 1.165) is 5.56 Å². The largest absolute Gasteiger partial charge is 0.493 e. The number of alkyl halides is 2. The summed E-state index contributed by atoms with van der Waals surface area (Å²) >= 11 is 0. The first-order chi connectivity index (χ1) is 13.0. The Hall–Kier alpha value is -3.09. The van der Waals surface area contributed by atoms with Gasteiger partial charge < -0.3 is 18.9 Å². The minimum atomic E-state index is -2.95. The number of allylic oxidation sites excluding steroid dienone is 1. The fourth-order valence-electron chi connectivity index (χ4n) is 3.02. The van der Waals surface area contributed by atoms with E-state index in [9.17, 15) is 13.6 Å². The lowest BCUT2D eigenvalue weighted by molar-refractivity contribution is -0.0512. The van der Waals surface area contributed by atoms with Gasteiger partial charge >= 0.3 is 6.61 Å². The minimum Gasteiger partial charge on any atom is -0.493 e. The van der Waals surface area contributed by atoms with Crippen LogP contribution in [-0.4, -0.2) is 33.7 Å². The molecule has 3 rings (SSSR count). The molecule has 142 valence electrons. The zero-order chi connectivity index (χ0) is 19.6. The molecule has 0 heterocycles. The van der Waals surface area contributed by atoms with E-state index in [4.69, 9.17) is 14.2 Å². The summed E-state index contributed by atoms with van der Waals surface area (Å²) in [5.41, 5.74) is 2.62. The lowest BCUT2D eigenvalue weighted by Gasteiger charge is -2.10. The van der Waals surface area contributed by atoms with Crippen molar-refractivity contribution in [3.8, 4) is 23.0 Å². The molecule has 27 heavy (non-hydrogen) atoms. The molecule has 1 aliphatic rings. The van der Waals surface area contributed by atoms with Crippen LogP contribution in [0.25, 0.3) is 6.08 Å². The van der Waals surface area contributed by atoms with Gasteiger partial charge in [-0.2, -0.15) is 8.78 Å². The summed E-state index contributed by atoms with van der Waals surface area (Å²) in [5, 5.41) is 0. The summed E-state index contributed by atoms with van der Waals surface area (Å²) in [7, 11) is 4.41. The fraction of sp³-hybridized carbons (Fsp3) is 0.250. The number of ether oxygens (including phenoxy) is 4. The Balaban J connectivity index is 1.93. The second kappa shape index (κ2) is 7.65. The molecular formula is C20H18F2O5. The molecule has 0 aromatic heterocycles. The van der Waals surface area contributed by atoms with Gasteiger partial charge in [0.15, 0.2) is 28.8 Å². The first kappa shape index (κ1) is 18.7. The van der Waals surface area contributed by atoms with Gasteiger partial charge in [-0.15, -0.1) is 0 Å². The standard InChI is InChI=1S/C20H18F2O5/c1-24-16-7-11(4-5-15(16)27-20(21)22)6-13-8-12-9-17(25-2)18(26-3)10-14(12)19(13)23/h4-7,9-10,20H,8H2,1-3H3/b13-6-. The number of Topliss-reactive ketones (excluding diaryl/α,β-unsaturated/α-hetero) is 1. The number of fused-ring (bicyclic) bond motifs is 1. The predicted molar refractivity (Wildman–Crippen MR) is 95.2 cm³/mol. The Morgan fingerprint density at radius 1 is 0.926 bits per heavy atom. The number of ketones is 1. The van der Waals surface area contributed by atoms with Crippen LogP contribution >= 0.6 is 0 Å². The average molecular weight is 376 g/mol. The molecule has 0 unspecified atom stereocenters. The highest BCUT2D eigenvalue weighted by Crippen LogP contribution is 2.37. The zero-order valence-electron chi connectivity index (χ0n) is 15.0. The first-order valence-electron chi connectivity index (χ1n) is 8.09. The average Bonchev–Trinajstić information content (AvgIpc) is 2.96. The van der Waals surface area contributed by atoms with Crippen molar-refractivity contribution in [1.82, 2.24) is 0 Å². The zero-order valence-corrected chi connectivity index (χ0v) is 15.0. The Labute approximate surface area is 155 Å². The molecular weight excluding hydrogens is 358 g/mol. The Morgan fingerprint density at radius 2 is 1.56 bits per heavy atom. The van der Waals surface area contributed by atoms with Crippen molar-refractivity contribution < 1.29 is 32.5 Å². The fourth-order valence-corrected chi connectivity index (χ4v) is 3.02. The van der Waals surface area contributed by atoms with Crippen molar-refractivity contribution in [2.24, 2.45) is 0 Å². The van der Waals surface area contributed by atoms with Crippen molar-refractivity contribution in [2.75, 3.05) is 21.3 Å². The number of hydrogen-bond donors (Lipinski definition) is 0. The summed E-state index contributed by atoms with van der Waals surface area (Å²) in [6, 6.07) is 7.97. The van der Waals surface area contributed by atoms with E-state index in [2.05, 4.69) is 4.74 Å². The Morgan fingerprint density at radius 3 is 2.19 bits per heavy atom. The van der Waals surface area contributed by atoms with Crippen LogP contribution in [0.2, 0.25) is 0 Å². The number of rotatable bonds is 6. The highest BCUT2D eigenvalue weighted by molar-refractivity contribution is 6.16. The lowest BCUT2D eigenvalue weighted by Crippen LogP contribution is -2.03. The summed E-state index contributed by atoms with van der Waals surface area (Å²) in [5.74, 6) is 1.03. The molecule has 0 spiro atoms. The van der Waals surface area contributed by atoms with E-state index in [1.54, 1.807) is 30.3 Å². The molecule has 0 aliphatic heterocycles. The molecule has 0 atom stereocenters. The van der Waals surface area contributed by atoms with Crippen LogP contribution in [0, 0.1) is 0 Å². The van der Waals surface area contributed by atoms with Crippen molar-refractivity contribution in [3.05, 3.63) is 52.6 Å². The van der Waals surface area contributed by atoms with E-state index in [0.29, 0.717) is 34.6 Å². The minimum absolute atomic E-state index is 0.0647. The van der Waals surface area contributed by atoms with Crippen molar-refractivity contribution in [3.63, 3.8) is 0 Å². The molecule has 0 saturated heterocycles. The first-order valence-corrected chi connectivity index (χ1v) is 8.09. The van der Waals surface area contributed by atoms with E-state index in [1.165, 1.54) is 27.4 Å². The number of hydrogen-bond acceptors (Lipinski definition) is 5. The molecule has 1 aliphatic carbocycles. The summed E-state index contributed by atoms with van der Waals surface area (Å²) in [6.45, 7) is -2.95. The molecule has 0 saturated carbocycles. The van der Waals surface area contributed by atoms with Crippen LogP contribution < -0.4 is 18.9 Å². The summed E-state index contributed by atoms with van der Waals surface area (Å²) in [6.07, 6.45) is 2.14. The number of benzene rings is 2. The number of methoxy groups -OCH3 is 3. The Bertz CT molecular complexity index is 905. The second-order valence-electron chi connectivity index (χ2n) is 5.83. The second-order valence-corrected chi connectivity index (χ2v) is 5.83. The molecule has 0 N–H and O–H groups in total. The molecule has 0 radical (unpaired) electrons. The summed E-state index contributed by atoms with van der Waals surface area (Å²) in [4.78, 5) is 12.7. The van der Waals surface area contributed by atoms with Gasteiger partial charge in [0.05, 0.1) is 21.3 Å². The maximum atomic E-state index is 12.7. The maximum absolute atomic E-state index is 12.7. The quantitative estimate of drug-likeness (QED) is 0.710. The normalized spacial score (nSPS) is 14.4. The third-order valence-corrected chi connectivity index (χ3v) is 4.27. The lowest BCUT2D eigenvalue weighted by atomic mass is 10.1. The Kier molecular flexibility index (Phi) is 5.30. The van der Waals surface area contributed by atoms with Crippen LogP contribution in [0.5, 0.6) is 23.0 Å². The third-order valence-electron chi connectivity index (χ3n) is 4.27.